The van der Waals surface area contributed by atoms with Gasteiger partial charge in [-0.05, 0) is 33.6 Å². The highest BCUT2D eigenvalue weighted by Gasteiger charge is 2.32. The van der Waals surface area contributed by atoms with Gasteiger partial charge in [-0.2, -0.15) is 0 Å². The first-order valence-electron chi connectivity index (χ1n) is 6.97. The van der Waals surface area contributed by atoms with E-state index in [1.54, 1.807) is 17.5 Å². The molecule has 0 saturated carbocycles. The second kappa shape index (κ2) is 5.99. The minimum absolute atomic E-state index is 0.201. The van der Waals surface area contributed by atoms with E-state index in [0.717, 1.165) is 31.1 Å². The van der Waals surface area contributed by atoms with Gasteiger partial charge in [-0.15, -0.1) is 11.3 Å². The van der Waals surface area contributed by atoms with Crippen molar-refractivity contribution < 1.29 is 9.53 Å². The van der Waals surface area contributed by atoms with E-state index in [1.807, 2.05) is 38.1 Å². The fraction of sp³-hybridized carbons (Fsp3) is 0.714. The van der Waals surface area contributed by atoms with Crippen molar-refractivity contribution in [2.75, 3.05) is 25.0 Å². The predicted molar refractivity (Wildman–Crippen MR) is 81.3 cm³/mol. The predicted octanol–water partition coefficient (Wildman–Crippen LogP) is 2.98. The second-order valence-corrected chi connectivity index (χ2v) is 7.04. The van der Waals surface area contributed by atoms with Crippen LogP contribution in [0.15, 0.2) is 11.6 Å². The highest BCUT2D eigenvalue weighted by Crippen LogP contribution is 2.23. The number of anilines is 1. The van der Waals surface area contributed by atoms with Gasteiger partial charge in [0, 0.05) is 31.7 Å². The molecule has 20 heavy (non-hydrogen) atoms. The standard InChI is InChI=1S/C14H23N3O2S/c1-14(2,3)19-13(18)17-8-5-6-11(17)10-16(4)12-15-7-9-20-12/h7,9,11H,5-6,8,10H2,1-4H3/t11-/m0/s1. The largest absolute Gasteiger partial charge is 0.444 e. The van der Waals surface area contributed by atoms with E-state index in [0.29, 0.717) is 0 Å². The number of ether oxygens (including phenoxy) is 1. The van der Waals surface area contributed by atoms with Crippen LogP contribution < -0.4 is 4.90 Å². The number of likely N-dealkylation sites (N-methyl/N-ethyl adjacent to an activating group) is 1. The van der Waals surface area contributed by atoms with Gasteiger partial charge in [0.25, 0.3) is 0 Å². The van der Waals surface area contributed by atoms with Crippen molar-refractivity contribution in [3.05, 3.63) is 11.6 Å². The van der Waals surface area contributed by atoms with Crippen LogP contribution in [0.25, 0.3) is 0 Å². The van der Waals surface area contributed by atoms with Crippen molar-refractivity contribution in [1.82, 2.24) is 9.88 Å². The fourth-order valence-corrected chi connectivity index (χ4v) is 3.00. The Bertz CT molecular complexity index is 442. The summed E-state index contributed by atoms with van der Waals surface area (Å²) < 4.78 is 5.48. The second-order valence-electron chi connectivity index (χ2n) is 6.16. The monoisotopic (exact) mass is 297 g/mol. The lowest BCUT2D eigenvalue weighted by Crippen LogP contribution is -2.44. The summed E-state index contributed by atoms with van der Waals surface area (Å²) in [6.07, 6.45) is 3.66. The van der Waals surface area contributed by atoms with E-state index in [4.69, 9.17) is 4.74 Å². The smallest absolute Gasteiger partial charge is 0.410 e. The number of hydrogen-bond acceptors (Lipinski definition) is 5. The number of hydrogen-bond donors (Lipinski definition) is 0. The van der Waals surface area contributed by atoms with Crippen LogP contribution in [0.4, 0.5) is 9.93 Å². The summed E-state index contributed by atoms with van der Waals surface area (Å²) >= 11 is 1.61. The van der Waals surface area contributed by atoms with E-state index in [2.05, 4.69) is 9.88 Å². The summed E-state index contributed by atoms with van der Waals surface area (Å²) in [6, 6.07) is 0.207. The molecule has 1 aromatic rings. The lowest BCUT2D eigenvalue weighted by molar-refractivity contribution is 0.0232. The highest BCUT2D eigenvalue weighted by molar-refractivity contribution is 7.13. The molecule has 1 saturated heterocycles. The van der Waals surface area contributed by atoms with Crippen LogP contribution in [0, 0.1) is 0 Å². The van der Waals surface area contributed by atoms with E-state index < -0.39 is 5.60 Å². The average molecular weight is 297 g/mol. The molecule has 5 nitrogen and oxygen atoms in total. The maximum atomic E-state index is 12.2. The van der Waals surface area contributed by atoms with Crippen molar-refractivity contribution in [3.63, 3.8) is 0 Å². The van der Waals surface area contributed by atoms with Crippen molar-refractivity contribution in [3.8, 4) is 0 Å². The molecule has 0 unspecified atom stereocenters. The molecule has 1 aliphatic heterocycles. The molecule has 1 aliphatic rings. The number of nitrogens with zero attached hydrogens (tertiary/aromatic N) is 3. The van der Waals surface area contributed by atoms with Gasteiger partial charge in [-0.3, -0.25) is 0 Å². The van der Waals surface area contributed by atoms with Crippen LogP contribution in [-0.2, 0) is 4.74 Å². The van der Waals surface area contributed by atoms with Crippen LogP contribution in [0.5, 0.6) is 0 Å². The first-order valence-corrected chi connectivity index (χ1v) is 7.85. The van der Waals surface area contributed by atoms with Crippen LogP contribution in [0.3, 0.4) is 0 Å². The fourth-order valence-electron chi connectivity index (χ4n) is 2.39. The molecule has 6 heteroatoms. The van der Waals surface area contributed by atoms with Crippen LogP contribution in [0.1, 0.15) is 33.6 Å². The third-order valence-electron chi connectivity index (χ3n) is 3.24. The molecule has 0 aliphatic carbocycles. The first-order chi connectivity index (χ1) is 9.37. The van der Waals surface area contributed by atoms with Crippen LogP contribution >= 0.6 is 11.3 Å². The summed E-state index contributed by atoms with van der Waals surface area (Å²) in [6.45, 7) is 7.28. The maximum absolute atomic E-state index is 12.2. The number of rotatable bonds is 3. The van der Waals surface area contributed by atoms with Gasteiger partial charge >= 0.3 is 6.09 Å². The van der Waals surface area contributed by atoms with Crippen molar-refractivity contribution >= 4 is 22.6 Å². The Morgan fingerprint density at radius 3 is 2.95 bits per heavy atom. The number of carbonyl (C=O) groups is 1. The molecule has 1 atom stereocenters. The van der Waals surface area contributed by atoms with Crippen molar-refractivity contribution in [2.24, 2.45) is 0 Å². The van der Waals surface area contributed by atoms with Gasteiger partial charge in [0.15, 0.2) is 5.13 Å². The number of thiazole rings is 1. The normalized spacial score (nSPS) is 19.2. The number of carbonyl (C=O) groups excluding carboxylic acids is 1. The molecular formula is C14H23N3O2S. The molecule has 0 N–H and O–H groups in total. The lowest BCUT2D eigenvalue weighted by atomic mass is 10.2. The Kier molecular flexibility index (Phi) is 4.52. The summed E-state index contributed by atoms with van der Waals surface area (Å²) in [4.78, 5) is 20.5. The summed E-state index contributed by atoms with van der Waals surface area (Å²) in [7, 11) is 2.02. The molecule has 2 rings (SSSR count). The summed E-state index contributed by atoms with van der Waals surface area (Å²) in [5, 5.41) is 2.95. The summed E-state index contributed by atoms with van der Waals surface area (Å²) in [5.74, 6) is 0. The molecule has 1 amide bonds. The number of likely N-dealkylation sites (tertiary alicyclic amines) is 1. The zero-order valence-corrected chi connectivity index (χ0v) is 13.4. The van der Waals surface area contributed by atoms with Crippen molar-refractivity contribution in [2.45, 2.75) is 45.3 Å². The molecule has 1 fully saturated rings. The molecule has 0 bridgehead atoms. The Hall–Kier alpha value is -1.30. The van der Waals surface area contributed by atoms with Gasteiger partial charge in [-0.1, -0.05) is 0 Å². The Labute approximate surface area is 124 Å². The minimum Gasteiger partial charge on any atom is -0.444 e. The SMILES string of the molecule is CN(C[C@@H]1CCCN1C(=O)OC(C)(C)C)c1nccs1. The number of amides is 1. The maximum Gasteiger partial charge on any atom is 0.410 e. The molecular weight excluding hydrogens is 274 g/mol. The molecule has 112 valence electrons. The molecule has 0 aromatic carbocycles. The van der Waals surface area contributed by atoms with E-state index in [-0.39, 0.29) is 12.1 Å². The Morgan fingerprint density at radius 1 is 1.60 bits per heavy atom. The van der Waals surface area contributed by atoms with E-state index in [1.165, 1.54) is 0 Å². The van der Waals surface area contributed by atoms with E-state index >= 15 is 0 Å². The third kappa shape index (κ3) is 3.85. The average Bonchev–Trinajstić information content (AvgIpc) is 2.96. The van der Waals surface area contributed by atoms with Gasteiger partial charge in [-0.25, -0.2) is 9.78 Å². The highest BCUT2D eigenvalue weighted by atomic mass is 32.1. The van der Waals surface area contributed by atoms with Gasteiger partial charge in [0.1, 0.15) is 5.60 Å². The first kappa shape index (κ1) is 15.1. The molecule has 0 radical (unpaired) electrons. The Balaban J connectivity index is 1.95. The third-order valence-corrected chi connectivity index (χ3v) is 4.12. The molecule has 1 aromatic heterocycles. The van der Waals surface area contributed by atoms with Crippen LogP contribution in [-0.4, -0.2) is 47.8 Å². The summed E-state index contributed by atoms with van der Waals surface area (Å²) in [5.41, 5.74) is -0.439. The quantitative estimate of drug-likeness (QED) is 0.860. The number of aromatic nitrogens is 1. The van der Waals surface area contributed by atoms with Gasteiger partial charge in [0.2, 0.25) is 0 Å². The Morgan fingerprint density at radius 2 is 2.35 bits per heavy atom. The minimum atomic E-state index is -0.439. The molecule has 0 spiro atoms. The van der Waals surface area contributed by atoms with E-state index in [9.17, 15) is 4.79 Å². The van der Waals surface area contributed by atoms with Crippen LogP contribution in [0.2, 0.25) is 0 Å². The lowest BCUT2D eigenvalue weighted by Gasteiger charge is -2.30. The van der Waals surface area contributed by atoms with Gasteiger partial charge < -0.3 is 14.5 Å². The topological polar surface area (TPSA) is 45.7 Å². The zero-order chi connectivity index (χ0) is 14.8. The molecule has 2 heterocycles. The van der Waals surface area contributed by atoms with Crippen molar-refractivity contribution in [1.29, 1.82) is 0 Å². The van der Waals surface area contributed by atoms with Gasteiger partial charge in [0.05, 0.1) is 6.04 Å². The zero-order valence-electron chi connectivity index (χ0n) is 12.6.